The van der Waals surface area contributed by atoms with Gasteiger partial charge in [-0.05, 0) is 48.6 Å². The molecule has 0 amide bonds. The first kappa shape index (κ1) is 14.7. The van der Waals surface area contributed by atoms with Gasteiger partial charge in [-0.2, -0.15) is 0 Å². The predicted molar refractivity (Wildman–Crippen MR) is 76.6 cm³/mol. The van der Waals surface area contributed by atoms with E-state index in [0.717, 1.165) is 12.0 Å². The standard InChI is InChI=1S/C14H18.C2H6/c1-6-12(5)14-8-11(4)7-13(9-14)10(2)3;1-2/h7-9H,2,5-6H2,1,3-4H3;1-2H3. The van der Waals surface area contributed by atoms with Crippen molar-refractivity contribution < 1.29 is 0 Å². The topological polar surface area (TPSA) is 0 Å². The van der Waals surface area contributed by atoms with Crippen molar-refractivity contribution in [1.82, 2.24) is 0 Å². The number of aryl methyl sites for hydroxylation is 1. The van der Waals surface area contributed by atoms with Crippen LogP contribution in [0.3, 0.4) is 0 Å². The van der Waals surface area contributed by atoms with Crippen molar-refractivity contribution in [3.8, 4) is 0 Å². The summed E-state index contributed by atoms with van der Waals surface area (Å²) in [6.07, 6.45) is 0.999. The molecule has 1 rings (SSSR count). The molecule has 88 valence electrons. The van der Waals surface area contributed by atoms with Crippen LogP contribution in [0.2, 0.25) is 0 Å². The van der Waals surface area contributed by atoms with Gasteiger partial charge in [0.05, 0.1) is 0 Å². The molecule has 0 aliphatic heterocycles. The lowest BCUT2D eigenvalue weighted by Gasteiger charge is -2.08. The van der Waals surface area contributed by atoms with Crippen LogP contribution in [0.1, 0.15) is 50.8 Å². The molecule has 16 heavy (non-hydrogen) atoms. The number of rotatable bonds is 3. The maximum absolute atomic E-state index is 4.06. The lowest BCUT2D eigenvalue weighted by molar-refractivity contribution is 1.24. The Hall–Kier alpha value is -1.30. The van der Waals surface area contributed by atoms with E-state index in [1.807, 2.05) is 20.8 Å². The van der Waals surface area contributed by atoms with Crippen molar-refractivity contribution in [2.24, 2.45) is 0 Å². The van der Waals surface area contributed by atoms with Gasteiger partial charge in [-0.1, -0.05) is 51.6 Å². The fraction of sp³-hybridized carbons (Fsp3) is 0.375. The molecule has 0 saturated carbocycles. The highest BCUT2D eigenvalue weighted by molar-refractivity contribution is 5.70. The van der Waals surface area contributed by atoms with Gasteiger partial charge in [0.1, 0.15) is 0 Å². The Bertz CT molecular complexity index is 370. The SMILES string of the molecule is C=C(C)c1cc(C)cc(C(=C)CC)c1.CC. The van der Waals surface area contributed by atoms with E-state index in [0.29, 0.717) is 0 Å². The average molecular weight is 216 g/mol. The summed E-state index contributed by atoms with van der Waals surface area (Å²) in [7, 11) is 0. The van der Waals surface area contributed by atoms with E-state index >= 15 is 0 Å². The molecule has 0 heteroatoms. The number of allylic oxidation sites excluding steroid dienone is 2. The zero-order chi connectivity index (χ0) is 12.7. The summed E-state index contributed by atoms with van der Waals surface area (Å²) in [6, 6.07) is 6.51. The Labute approximate surface area is 101 Å². The second kappa shape index (κ2) is 7.05. The lowest BCUT2D eigenvalue weighted by Crippen LogP contribution is -1.87. The molecule has 0 fully saturated rings. The quantitative estimate of drug-likeness (QED) is 0.627. The Morgan fingerprint density at radius 3 is 2.00 bits per heavy atom. The van der Waals surface area contributed by atoms with Crippen LogP contribution in [0.4, 0.5) is 0 Å². The van der Waals surface area contributed by atoms with Gasteiger partial charge < -0.3 is 0 Å². The summed E-state index contributed by atoms with van der Waals surface area (Å²) in [5.74, 6) is 0. The van der Waals surface area contributed by atoms with Gasteiger partial charge in [0.25, 0.3) is 0 Å². The maximum Gasteiger partial charge on any atom is -0.0222 e. The molecule has 0 N–H and O–H groups in total. The van der Waals surface area contributed by atoms with E-state index in [1.165, 1.54) is 22.3 Å². The normalized spacial score (nSPS) is 9.06. The molecular formula is C16H24. The van der Waals surface area contributed by atoms with Crippen LogP contribution < -0.4 is 0 Å². The Morgan fingerprint density at radius 1 is 1.06 bits per heavy atom. The Morgan fingerprint density at radius 2 is 1.56 bits per heavy atom. The highest BCUT2D eigenvalue weighted by Gasteiger charge is 2.01. The van der Waals surface area contributed by atoms with Gasteiger partial charge in [-0.15, -0.1) is 0 Å². The first-order chi connectivity index (χ1) is 7.54. The molecule has 0 bridgehead atoms. The van der Waals surface area contributed by atoms with Crippen molar-refractivity contribution in [1.29, 1.82) is 0 Å². The maximum atomic E-state index is 4.06. The van der Waals surface area contributed by atoms with Gasteiger partial charge in [-0.3, -0.25) is 0 Å². The Balaban J connectivity index is 0.00000106. The van der Waals surface area contributed by atoms with Crippen molar-refractivity contribution in [3.05, 3.63) is 48.0 Å². The molecule has 1 aromatic rings. The van der Waals surface area contributed by atoms with Crippen LogP contribution in [0.5, 0.6) is 0 Å². The fourth-order valence-electron chi connectivity index (χ4n) is 1.44. The third-order valence-corrected chi connectivity index (χ3v) is 2.41. The fourth-order valence-corrected chi connectivity index (χ4v) is 1.44. The number of hydrogen-bond donors (Lipinski definition) is 0. The first-order valence-corrected chi connectivity index (χ1v) is 6.00. The summed E-state index contributed by atoms with van der Waals surface area (Å²) < 4.78 is 0. The van der Waals surface area contributed by atoms with Gasteiger partial charge in [-0.25, -0.2) is 0 Å². The van der Waals surface area contributed by atoms with Crippen LogP contribution in [0, 0.1) is 6.92 Å². The van der Waals surface area contributed by atoms with Crippen molar-refractivity contribution in [2.75, 3.05) is 0 Å². The largest absolute Gasteiger partial charge is 0.0955 e. The number of benzene rings is 1. The molecule has 1 aromatic carbocycles. The van der Waals surface area contributed by atoms with Crippen LogP contribution in [-0.2, 0) is 0 Å². The van der Waals surface area contributed by atoms with Crippen molar-refractivity contribution in [3.63, 3.8) is 0 Å². The zero-order valence-corrected chi connectivity index (χ0v) is 11.4. The molecule has 0 aliphatic carbocycles. The molecule has 0 atom stereocenters. The second-order valence-corrected chi connectivity index (χ2v) is 3.83. The molecule has 0 heterocycles. The third-order valence-electron chi connectivity index (χ3n) is 2.41. The summed E-state index contributed by atoms with van der Waals surface area (Å²) >= 11 is 0. The van der Waals surface area contributed by atoms with Gasteiger partial charge in [0.2, 0.25) is 0 Å². The minimum Gasteiger partial charge on any atom is -0.0955 e. The summed E-state index contributed by atoms with van der Waals surface area (Å²) in [5, 5.41) is 0. The molecule has 0 saturated heterocycles. The van der Waals surface area contributed by atoms with E-state index in [-0.39, 0.29) is 0 Å². The number of hydrogen-bond acceptors (Lipinski definition) is 0. The smallest absolute Gasteiger partial charge is 0.0222 e. The average Bonchev–Trinajstić information content (AvgIpc) is 2.29. The minimum atomic E-state index is 0.999. The minimum absolute atomic E-state index is 0.999. The molecule has 0 aromatic heterocycles. The van der Waals surface area contributed by atoms with E-state index < -0.39 is 0 Å². The molecule has 0 spiro atoms. The summed E-state index contributed by atoms with van der Waals surface area (Å²) in [5.41, 5.74) is 6.03. The Kier molecular flexibility index (Phi) is 6.48. The van der Waals surface area contributed by atoms with Crippen LogP contribution in [-0.4, -0.2) is 0 Å². The first-order valence-electron chi connectivity index (χ1n) is 6.00. The predicted octanol–water partition coefficient (Wildman–Crippen LogP) is 5.48. The second-order valence-electron chi connectivity index (χ2n) is 3.83. The monoisotopic (exact) mass is 216 g/mol. The third kappa shape index (κ3) is 4.06. The van der Waals surface area contributed by atoms with E-state index in [9.17, 15) is 0 Å². The van der Waals surface area contributed by atoms with Gasteiger partial charge >= 0.3 is 0 Å². The summed E-state index contributed by atoms with van der Waals surface area (Å²) in [4.78, 5) is 0. The molecular weight excluding hydrogens is 192 g/mol. The van der Waals surface area contributed by atoms with Crippen LogP contribution in [0.15, 0.2) is 31.4 Å². The summed E-state index contributed by atoms with van der Waals surface area (Å²) in [6.45, 7) is 18.3. The van der Waals surface area contributed by atoms with Gasteiger partial charge in [0.15, 0.2) is 0 Å². The highest BCUT2D eigenvalue weighted by atomic mass is 14.1. The van der Waals surface area contributed by atoms with Crippen molar-refractivity contribution >= 4 is 11.1 Å². The van der Waals surface area contributed by atoms with Crippen LogP contribution in [0.25, 0.3) is 11.1 Å². The van der Waals surface area contributed by atoms with E-state index in [4.69, 9.17) is 0 Å². The molecule has 0 unspecified atom stereocenters. The molecule has 0 nitrogen and oxygen atoms in total. The van der Waals surface area contributed by atoms with Gasteiger partial charge in [0, 0.05) is 0 Å². The van der Waals surface area contributed by atoms with Crippen molar-refractivity contribution in [2.45, 2.75) is 41.0 Å². The van der Waals surface area contributed by atoms with E-state index in [1.54, 1.807) is 0 Å². The lowest BCUT2D eigenvalue weighted by atomic mass is 9.97. The van der Waals surface area contributed by atoms with E-state index in [2.05, 4.69) is 45.2 Å². The van der Waals surface area contributed by atoms with Crippen LogP contribution >= 0.6 is 0 Å². The zero-order valence-electron chi connectivity index (χ0n) is 11.4. The highest BCUT2D eigenvalue weighted by Crippen LogP contribution is 2.22. The molecule has 0 aliphatic rings. The molecule has 0 radical (unpaired) electrons.